The van der Waals surface area contributed by atoms with Crippen LogP contribution in [0.2, 0.25) is 0 Å². The molecule has 4 aromatic rings. The molecule has 4 rings (SSSR count). The molecule has 0 spiro atoms. The summed E-state index contributed by atoms with van der Waals surface area (Å²) >= 11 is 0. The van der Waals surface area contributed by atoms with Crippen LogP contribution in [-0.2, 0) is 13.1 Å². The van der Waals surface area contributed by atoms with Crippen LogP contribution in [0.5, 0.6) is 0 Å². The number of halogens is 1. The molecule has 0 aliphatic heterocycles. The summed E-state index contributed by atoms with van der Waals surface area (Å²) in [6.45, 7) is 1.33. The van der Waals surface area contributed by atoms with Gasteiger partial charge in [-0.05, 0) is 48.0 Å². The van der Waals surface area contributed by atoms with Crippen LogP contribution < -0.4 is 5.32 Å². The molecule has 0 saturated heterocycles. The van der Waals surface area contributed by atoms with E-state index in [9.17, 15) is 4.39 Å². The Morgan fingerprint density at radius 3 is 2.77 bits per heavy atom. The van der Waals surface area contributed by atoms with Crippen molar-refractivity contribution in [2.45, 2.75) is 13.1 Å². The van der Waals surface area contributed by atoms with Crippen molar-refractivity contribution >= 4 is 0 Å². The summed E-state index contributed by atoms with van der Waals surface area (Å²) < 4.78 is 14.8. The standard InChI is InChI=1S/C19H17FN6/c20-17-4-2-15(3-5-17)19-16(13-23-25-19)12-21-11-14-6-8-22-18(10-14)26-9-1-7-24-26/h1-10,13,21H,11-12H2,(H,23,25). The number of hydrogen-bond acceptors (Lipinski definition) is 4. The number of nitrogens with one attached hydrogen (secondary N) is 2. The van der Waals surface area contributed by atoms with Crippen LogP contribution in [0.4, 0.5) is 4.39 Å². The molecule has 1 aromatic carbocycles. The molecule has 7 heteroatoms. The fraction of sp³-hybridized carbons (Fsp3) is 0.105. The minimum absolute atomic E-state index is 0.251. The van der Waals surface area contributed by atoms with Crippen LogP contribution in [0.3, 0.4) is 0 Å². The first-order valence-corrected chi connectivity index (χ1v) is 8.23. The Morgan fingerprint density at radius 2 is 1.96 bits per heavy atom. The number of rotatable bonds is 6. The maximum absolute atomic E-state index is 13.1. The van der Waals surface area contributed by atoms with Crippen molar-refractivity contribution in [3.63, 3.8) is 0 Å². The molecular formula is C19H17FN6. The third-order valence-electron chi connectivity index (χ3n) is 4.04. The van der Waals surface area contributed by atoms with Crippen molar-refractivity contribution in [2.24, 2.45) is 0 Å². The van der Waals surface area contributed by atoms with E-state index < -0.39 is 0 Å². The van der Waals surface area contributed by atoms with E-state index in [2.05, 4.69) is 25.6 Å². The lowest BCUT2D eigenvalue weighted by molar-refractivity contribution is 0.628. The highest BCUT2D eigenvalue weighted by molar-refractivity contribution is 5.62. The topological polar surface area (TPSA) is 71.4 Å². The number of nitrogens with zero attached hydrogens (tertiary/aromatic N) is 4. The van der Waals surface area contributed by atoms with Gasteiger partial charge in [0.2, 0.25) is 0 Å². The van der Waals surface area contributed by atoms with Crippen molar-refractivity contribution in [3.05, 3.63) is 84.2 Å². The zero-order valence-corrected chi connectivity index (χ0v) is 13.9. The highest BCUT2D eigenvalue weighted by Crippen LogP contribution is 2.21. The van der Waals surface area contributed by atoms with E-state index in [1.807, 2.05) is 24.4 Å². The fourth-order valence-corrected chi connectivity index (χ4v) is 2.75. The highest BCUT2D eigenvalue weighted by Gasteiger charge is 2.08. The lowest BCUT2D eigenvalue weighted by Gasteiger charge is -2.07. The minimum Gasteiger partial charge on any atom is -0.308 e. The van der Waals surface area contributed by atoms with Gasteiger partial charge in [0, 0.05) is 42.8 Å². The van der Waals surface area contributed by atoms with Crippen LogP contribution in [0, 0.1) is 5.82 Å². The van der Waals surface area contributed by atoms with Crippen LogP contribution in [0.15, 0.2) is 67.3 Å². The second kappa shape index (κ2) is 7.28. The second-order valence-electron chi connectivity index (χ2n) is 5.85. The molecule has 26 heavy (non-hydrogen) atoms. The van der Waals surface area contributed by atoms with E-state index in [1.165, 1.54) is 12.1 Å². The molecule has 0 aliphatic carbocycles. The van der Waals surface area contributed by atoms with Gasteiger partial charge in [-0.1, -0.05) is 0 Å². The monoisotopic (exact) mass is 348 g/mol. The largest absolute Gasteiger partial charge is 0.308 e. The molecule has 0 fully saturated rings. The summed E-state index contributed by atoms with van der Waals surface area (Å²) in [6, 6.07) is 12.2. The first kappa shape index (κ1) is 16.2. The first-order chi connectivity index (χ1) is 12.8. The maximum atomic E-state index is 13.1. The van der Waals surface area contributed by atoms with Gasteiger partial charge < -0.3 is 5.32 Å². The van der Waals surface area contributed by atoms with E-state index in [-0.39, 0.29) is 5.82 Å². The lowest BCUT2D eigenvalue weighted by atomic mass is 10.1. The van der Waals surface area contributed by atoms with E-state index in [1.54, 1.807) is 35.4 Å². The van der Waals surface area contributed by atoms with Gasteiger partial charge in [0.15, 0.2) is 5.82 Å². The third-order valence-corrected chi connectivity index (χ3v) is 4.04. The normalized spacial score (nSPS) is 11.0. The van der Waals surface area contributed by atoms with Crippen molar-refractivity contribution in [3.8, 4) is 17.1 Å². The molecule has 0 atom stereocenters. The van der Waals surface area contributed by atoms with Crippen molar-refractivity contribution in [2.75, 3.05) is 0 Å². The van der Waals surface area contributed by atoms with Gasteiger partial charge in [-0.25, -0.2) is 14.1 Å². The van der Waals surface area contributed by atoms with Gasteiger partial charge in [-0.3, -0.25) is 5.10 Å². The summed E-state index contributed by atoms with van der Waals surface area (Å²) in [4.78, 5) is 4.33. The van der Waals surface area contributed by atoms with Gasteiger partial charge >= 0.3 is 0 Å². The Balaban J connectivity index is 1.42. The SMILES string of the molecule is Fc1ccc(-c2[nH]ncc2CNCc2ccnc(-n3cccn3)c2)cc1. The smallest absolute Gasteiger partial charge is 0.153 e. The molecule has 0 bridgehead atoms. The Morgan fingerprint density at radius 1 is 1.08 bits per heavy atom. The Bertz CT molecular complexity index is 975. The van der Waals surface area contributed by atoms with Crippen molar-refractivity contribution in [1.82, 2.24) is 30.3 Å². The number of H-pyrrole nitrogens is 1. The first-order valence-electron chi connectivity index (χ1n) is 8.23. The van der Waals surface area contributed by atoms with Crippen LogP contribution in [0.1, 0.15) is 11.1 Å². The van der Waals surface area contributed by atoms with Crippen molar-refractivity contribution < 1.29 is 4.39 Å². The fourth-order valence-electron chi connectivity index (χ4n) is 2.75. The summed E-state index contributed by atoms with van der Waals surface area (Å²) in [5.41, 5.74) is 3.94. The molecular weight excluding hydrogens is 331 g/mol. The van der Waals surface area contributed by atoms with Crippen molar-refractivity contribution in [1.29, 1.82) is 0 Å². The second-order valence-corrected chi connectivity index (χ2v) is 5.85. The van der Waals surface area contributed by atoms with E-state index in [4.69, 9.17) is 0 Å². The number of benzene rings is 1. The highest BCUT2D eigenvalue weighted by atomic mass is 19.1. The molecule has 130 valence electrons. The maximum Gasteiger partial charge on any atom is 0.153 e. The van der Waals surface area contributed by atoms with E-state index in [0.29, 0.717) is 13.1 Å². The Kier molecular flexibility index (Phi) is 4.53. The number of hydrogen-bond donors (Lipinski definition) is 2. The van der Waals surface area contributed by atoms with E-state index in [0.717, 1.165) is 28.2 Å². The molecule has 3 heterocycles. The molecule has 0 radical (unpaired) electrons. The van der Waals surface area contributed by atoms with Gasteiger partial charge in [-0.2, -0.15) is 10.2 Å². The Hall–Kier alpha value is -3.32. The molecule has 0 saturated carbocycles. The van der Waals surface area contributed by atoms with Gasteiger partial charge in [0.1, 0.15) is 5.82 Å². The zero-order chi connectivity index (χ0) is 17.8. The average molecular weight is 348 g/mol. The summed E-state index contributed by atoms with van der Waals surface area (Å²) in [5.74, 6) is 0.531. The molecule has 0 amide bonds. The van der Waals surface area contributed by atoms with Gasteiger partial charge in [0.05, 0.1) is 11.9 Å². The number of aromatic amines is 1. The molecule has 6 nitrogen and oxygen atoms in total. The third kappa shape index (κ3) is 3.52. The van der Waals surface area contributed by atoms with E-state index >= 15 is 0 Å². The Labute approximate surface area is 149 Å². The van der Waals surface area contributed by atoms with Crippen LogP contribution in [0.25, 0.3) is 17.1 Å². The van der Waals surface area contributed by atoms with Gasteiger partial charge in [-0.15, -0.1) is 0 Å². The lowest BCUT2D eigenvalue weighted by Crippen LogP contribution is -2.13. The molecule has 3 aromatic heterocycles. The van der Waals surface area contributed by atoms with Gasteiger partial charge in [0.25, 0.3) is 0 Å². The predicted octanol–water partition coefficient (Wildman–Crippen LogP) is 3.09. The molecule has 0 unspecified atom stereocenters. The summed E-state index contributed by atoms with van der Waals surface area (Å²) in [5, 5.41) is 14.7. The predicted molar refractivity (Wildman–Crippen MR) is 95.9 cm³/mol. The van der Waals surface area contributed by atoms with Crippen LogP contribution >= 0.6 is 0 Å². The average Bonchev–Trinajstić information content (AvgIpc) is 3.35. The summed E-state index contributed by atoms with van der Waals surface area (Å²) in [6.07, 6.45) is 7.14. The zero-order valence-electron chi connectivity index (χ0n) is 13.9. The molecule has 2 N–H and O–H groups in total. The summed E-state index contributed by atoms with van der Waals surface area (Å²) in [7, 11) is 0. The number of aromatic nitrogens is 5. The number of pyridine rings is 1. The van der Waals surface area contributed by atoms with Crippen LogP contribution in [-0.4, -0.2) is 25.0 Å². The minimum atomic E-state index is -0.251. The molecule has 0 aliphatic rings. The quantitative estimate of drug-likeness (QED) is 0.562.